The van der Waals surface area contributed by atoms with Crippen molar-refractivity contribution in [1.82, 2.24) is 10.2 Å². The van der Waals surface area contributed by atoms with Crippen LogP contribution in [-0.4, -0.2) is 61.8 Å². The Morgan fingerprint density at radius 1 is 1.29 bits per heavy atom. The molecule has 0 spiro atoms. The Labute approximate surface area is 127 Å². The van der Waals surface area contributed by atoms with Crippen molar-refractivity contribution >= 4 is 11.8 Å². The molecule has 0 aliphatic carbocycles. The first-order valence-electron chi connectivity index (χ1n) is 7.57. The van der Waals surface area contributed by atoms with E-state index >= 15 is 0 Å². The van der Waals surface area contributed by atoms with Crippen LogP contribution in [-0.2, 0) is 19.1 Å². The van der Waals surface area contributed by atoms with E-state index in [0.29, 0.717) is 32.8 Å². The predicted molar refractivity (Wildman–Crippen MR) is 79.9 cm³/mol. The molecule has 1 fully saturated rings. The Kier molecular flexibility index (Phi) is 6.61. The largest absolute Gasteiger partial charge is 0.382 e. The summed E-state index contributed by atoms with van der Waals surface area (Å²) in [5, 5.41) is 2.86. The zero-order valence-electron chi connectivity index (χ0n) is 13.8. The number of carbonyl (C=O) groups excluding carboxylic acids is 2. The Hall–Kier alpha value is -1.14. The maximum Gasteiger partial charge on any atom is 0.246 e. The molecule has 1 aliphatic heterocycles. The van der Waals surface area contributed by atoms with E-state index in [0.717, 1.165) is 0 Å². The van der Waals surface area contributed by atoms with E-state index in [-0.39, 0.29) is 17.7 Å². The highest BCUT2D eigenvalue weighted by Crippen LogP contribution is 2.26. The van der Waals surface area contributed by atoms with Crippen molar-refractivity contribution < 1.29 is 19.1 Å². The number of methoxy groups -OCH3 is 1. The lowest BCUT2D eigenvalue weighted by Crippen LogP contribution is -2.70. The van der Waals surface area contributed by atoms with Gasteiger partial charge in [-0.3, -0.25) is 9.59 Å². The lowest BCUT2D eigenvalue weighted by molar-refractivity contribution is -0.159. The fourth-order valence-electron chi connectivity index (χ4n) is 2.45. The number of amides is 2. The lowest BCUT2D eigenvalue weighted by atomic mass is 9.88. The maximum absolute atomic E-state index is 12.6. The quantitative estimate of drug-likeness (QED) is 0.673. The van der Waals surface area contributed by atoms with Crippen LogP contribution in [0, 0.1) is 5.92 Å². The van der Waals surface area contributed by atoms with E-state index in [9.17, 15) is 9.59 Å². The number of nitrogens with zero attached hydrogens (tertiary/aromatic N) is 1. The summed E-state index contributed by atoms with van der Waals surface area (Å²) in [6, 6.07) is -0.448. The molecule has 21 heavy (non-hydrogen) atoms. The average Bonchev–Trinajstić information content (AvgIpc) is 2.45. The van der Waals surface area contributed by atoms with Gasteiger partial charge >= 0.3 is 0 Å². The predicted octanol–water partition coefficient (Wildman–Crippen LogP) is 0.801. The fraction of sp³-hybridized carbons (Fsp3) is 0.867. The fourth-order valence-corrected chi connectivity index (χ4v) is 2.45. The van der Waals surface area contributed by atoms with Crippen molar-refractivity contribution in [2.45, 2.75) is 45.7 Å². The van der Waals surface area contributed by atoms with Crippen molar-refractivity contribution in [1.29, 1.82) is 0 Å². The van der Waals surface area contributed by atoms with E-state index < -0.39 is 11.6 Å². The van der Waals surface area contributed by atoms with Gasteiger partial charge < -0.3 is 19.7 Å². The minimum atomic E-state index is -0.799. The van der Waals surface area contributed by atoms with Crippen LogP contribution < -0.4 is 5.32 Å². The Morgan fingerprint density at radius 2 is 1.95 bits per heavy atom. The lowest BCUT2D eigenvalue weighted by Gasteiger charge is -2.46. The molecule has 0 aromatic carbocycles. The molecule has 2 unspecified atom stereocenters. The first kappa shape index (κ1) is 17.9. The molecule has 1 N–H and O–H groups in total. The molecule has 0 saturated carbocycles. The number of piperazine rings is 1. The maximum atomic E-state index is 12.6. The van der Waals surface area contributed by atoms with Crippen molar-refractivity contribution in [3.8, 4) is 0 Å². The normalized spacial score (nSPS) is 26.4. The molecule has 1 saturated heterocycles. The Morgan fingerprint density at radius 3 is 2.48 bits per heavy atom. The highest BCUT2D eigenvalue weighted by Gasteiger charge is 2.48. The molecule has 2 atom stereocenters. The molecule has 1 rings (SSSR count). The third kappa shape index (κ3) is 3.95. The number of carbonyl (C=O) groups is 2. The number of nitrogens with one attached hydrogen (secondary N) is 1. The van der Waals surface area contributed by atoms with E-state index in [4.69, 9.17) is 9.47 Å². The Balaban J connectivity index is 2.76. The second-order valence-electron chi connectivity index (χ2n) is 5.92. The first-order valence-corrected chi connectivity index (χ1v) is 7.57. The van der Waals surface area contributed by atoms with Crippen molar-refractivity contribution in [3.05, 3.63) is 0 Å². The van der Waals surface area contributed by atoms with Crippen LogP contribution in [0.3, 0.4) is 0 Å². The van der Waals surface area contributed by atoms with Crippen LogP contribution in [0.5, 0.6) is 0 Å². The van der Waals surface area contributed by atoms with Crippen LogP contribution in [0.1, 0.15) is 34.1 Å². The van der Waals surface area contributed by atoms with Gasteiger partial charge in [0.2, 0.25) is 11.8 Å². The molecular weight excluding hydrogens is 272 g/mol. The Bertz CT molecular complexity index is 373. The zero-order chi connectivity index (χ0) is 16.0. The van der Waals surface area contributed by atoms with E-state index in [1.54, 1.807) is 12.0 Å². The molecule has 0 bridgehead atoms. The molecule has 2 amide bonds. The van der Waals surface area contributed by atoms with Gasteiger partial charge in [-0.15, -0.1) is 0 Å². The summed E-state index contributed by atoms with van der Waals surface area (Å²) in [5.74, 6) is -0.0377. The SMILES string of the molecule is CCC1(C)C(=O)NC(C(C)C)C(=O)N1CCOCCOC. The summed E-state index contributed by atoms with van der Waals surface area (Å²) in [6.45, 7) is 9.43. The van der Waals surface area contributed by atoms with Crippen molar-refractivity contribution in [3.63, 3.8) is 0 Å². The summed E-state index contributed by atoms with van der Waals surface area (Å²) < 4.78 is 10.4. The third-order valence-corrected chi connectivity index (χ3v) is 4.15. The van der Waals surface area contributed by atoms with E-state index in [1.807, 2.05) is 27.7 Å². The van der Waals surface area contributed by atoms with Gasteiger partial charge in [-0.25, -0.2) is 0 Å². The summed E-state index contributed by atoms with van der Waals surface area (Å²) in [4.78, 5) is 26.7. The molecular formula is C15H28N2O4. The molecule has 6 nitrogen and oxygen atoms in total. The average molecular weight is 300 g/mol. The summed E-state index contributed by atoms with van der Waals surface area (Å²) in [7, 11) is 1.61. The second kappa shape index (κ2) is 7.75. The standard InChI is InChI=1S/C15H28N2O4/c1-6-15(4)14(19)16-12(11(2)3)13(18)17(15)7-8-21-10-9-20-5/h11-12H,6-10H2,1-5H3,(H,16,19). The summed E-state index contributed by atoms with van der Waals surface area (Å²) in [6.07, 6.45) is 0.577. The molecule has 0 aromatic heterocycles. The van der Waals surface area contributed by atoms with Crippen molar-refractivity contribution in [2.24, 2.45) is 5.92 Å². The van der Waals surface area contributed by atoms with Gasteiger partial charge in [0.1, 0.15) is 11.6 Å². The van der Waals surface area contributed by atoms with E-state index in [1.165, 1.54) is 0 Å². The van der Waals surface area contributed by atoms with Crippen LogP contribution in [0.25, 0.3) is 0 Å². The smallest absolute Gasteiger partial charge is 0.246 e. The minimum Gasteiger partial charge on any atom is -0.382 e. The highest BCUT2D eigenvalue weighted by atomic mass is 16.5. The third-order valence-electron chi connectivity index (χ3n) is 4.15. The summed E-state index contributed by atoms with van der Waals surface area (Å²) >= 11 is 0. The van der Waals surface area contributed by atoms with Crippen LogP contribution in [0.4, 0.5) is 0 Å². The van der Waals surface area contributed by atoms with Gasteiger partial charge in [-0.05, 0) is 19.3 Å². The first-order chi connectivity index (χ1) is 9.88. The van der Waals surface area contributed by atoms with Gasteiger partial charge in [-0.1, -0.05) is 20.8 Å². The molecule has 0 aromatic rings. The van der Waals surface area contributed by atoms with E-state index in [2.05, 4.69) is 5.32 Å². The van der Waals surface area contributed by atoms with Gasteiger partial charge in [0, 0.05) is 13.7 Å². The zero-order valence-corrected chi connectivity index (χ0v) is 13.8. The number of rotatable bonds is 8. The topological polar surface area (TPSA) is 67.9 Å². The minimum absolute atomic E-state index is 0.0238. The number of hydrogen-bond acceptors (Lipinski definition) is 4. The molecule has 6 heteroatoms. The number of hydrogen-bond donors (Lipinski definition) is 1. The van der Waals surface area contributed by atoms with Crippen molar-refractivity contribution in [2.75, 3.05) is 33.5 Å². The van der Waals surface area contributed by atoms with Crippen LogP contribution >= 0.6 is 0 Å². The van der Waals surface area contributed by atoms with Gasteiger partial charge in [0.15, 0.2) is 0 Å². The molecule has 1 aliphatic rings. The highest BCUT2D eigenvalue weighted by molar-refractivity contribution is 5.99. The molecule has 0 radical (unpaired) electrons. The van der Waals surface area contributed by atoms with Crippen LogP contribution in [0.15, 0.2) is 0 Å². The molecule has 1 heterocycles. The van der Waals surface area contributed by atoms with Gasteiger partial charge in [-0.2, -0.15) is 0 Å². The number of ether oxygens (including phenoxy) is 2. The van der Waals surface area contributed by atoms with Crippen LogP contribution in [0.2, 0.25) is 0 Å². The second-order valence-corrected chi connectivity index (χ2v) is 5.92. The summed E-state index contributed by atoms with van der Waals surface area (Å²) in [5.41, 5.74) is -0.799. The molecule has 122 valence electrons. The monoisotopic (exact) mass is 300 g/mol. The van der Waals surface area contributed by atoms with Gasteiger partial charge in [0.25, 0.3) is 0 Å². The van der Waals surface area contributed by atoms with Gasteiger partial charge in [0.05, 0.1) is 19.8 Å².